The van der Waals surface area contributed by atoms with Crippen LogP contribution in [0.4, 0.5) is 0 Å². The van der Waals surface area contributed by atoms with Gasteiger partial charge in [-0.15, -0.1) is 11.3 Å². The second-order valence-electron chi connectivity index (χ2n) is 5.96. The SMILES string of the molecule is CN(Cc1cccs1)C(=O)CN1CC(N2CCNCC2)C1. The summed E-state index contributed by atoms with van der Waals surface area (Å²) in [5.74, 6) is 0.224. The van der Waals surface area contributed by atoms with Crippen LogP contribution in [0.3, 0.4) is 0 Å². The molecule has 2 fully saturated rings. The van der Waals surface area contributed by atoms with Crippen molar-refractivity contribution in [3.8, 4) is 0 Å². The fraction of sp³-hybridized carbons (Fsp3) is 0.667. The third kappa shape index (κ3) is 3.83. The molecule has 3 rings (SSSR count). The van der Waals surface area contributed by atoms with Crippen molar-refractivity contribution in [2.75, 3.05) is 52.9 Å². The number of hydrogen-bond donors (Lipinski definition) is 1. The molecule has 21 heavy (non-hydrogen) atoms. The molecule has 0 spiro atoms. The van der Waals surface area contributed by atoms with Crippen molar-refractivity contribution < 1.29 is 4.79 Å². The summed E-state index contributed by atoms with van der Waals surface area (Å²) in [6, 6.07) is 4.77. The van der Waals surface area contributed by atoms with Gasteiger partial charge in [0.2, 0.25) is 5.91 Å². The van der Waals surface area contributed by atoms with Gasteiger partial charge in [-0.25, -0.2) is 0 Å². The van der Waals surface area contributed by atoms with Crippen LogP contribution < -0.4 is 5.32 Å². The molecule has 1 N–H and O–H groups in total. The van der Waals surface area contributed by atoms with Gasteiger partial charge in [0, 0.05) is 57.2 Å². The van der Waals surface area contributed by atoms with Crippen molar-refractivity contribution in [2.24, 2.45) is 0 Å². The number of amides is 1. The van der Waals surface area contributed by atoms with Crippen molar-refractivity contribution in [1.82, 2.24) is 20.0 Å². The number of likely N-dealkylation sites (N-methyl/N-ethyl adjacent to an activating group) is 1. The van der Waals surface area contributed by atoms with Crippen LogP contribution in [-0.2, 0) is 11.3 Å². The molecule has 2 aliphatic rings. The second kappa shape index (κ2) is 6.87. The largest absolute Gasteiger partial charge is 0.340 e. The maximum Gasteiger partial charge on any atom is 0.236 e. The molecule has 1 amide bonds. The first kappa shape index (κ1) is 15.0. The van der Waals surface area contributed by atoms with Crippen LogP contribution in [0.2, 0.25) is 0 Å². The smallest absolute Gasteiger partial charge is 0.236 e. The number of likely N-dealkylation sites (tertiary alicyclic amines) is 1. The van der Waals surface area contributed by atoms with Crippen LogP contribution in [0.5, 0.6) is 0 Å². The summed E-state index contributed by atoms with van der Waals surface area (Å²) < 4.78 is 0. The Morgan fingerprint density at radius 1 is 1.43 bits per heavy atom. The molecule has 0 radical (unpaired) electrons. The number of rotatable bonds is 5. The molecule has 0 aromatic carbocycles. The van der Waals surface area contributed by atoms with E-state index in [4.69, 9.17) is 0 Å². The fourth-order valence-corrected chi connectivity index (χ4v) is 3.74. The first-order chi connectivity index (χ1) is 10.2. The Morgan fingerprint density at radius 2 is 2.19 bits per heavy atom. The van der Waals surface area contributed by atoms with Crippen LogP contribution in [0.15, 0.2) is 17.5 Å². The van der Waals surface area contributed by atoms with Gasteiger partial charge in [-0.2, -0.15) is 0 Å². The summed E-state index contributed by atoms with van der Waals surface area (Å²) >= 11 is 1.71. The molecule has 6 heteroatoms. The highest BCUT2D eigenvalue weighted by molar-refractivity contribution is 7.09. The van der Waals surface area contributed by atoms with E-state index < -0.39 is 0 Å². The van der Waals surface area contributed by atoms with E-state index in [2.05, 4.69) is 26.6 Å². The second-order valence-corrected chi connectivity index (χ2v) is 7.00. The highest BCUT2D eigenvalue weighted by Crippen LogP contribution is 2.16. The number of nitrogens with one attached hydrogen (secondary N) is 1. The summed E-state index contributed by atoms with van der Waals surface area (Å²) in [5, 5.41) is 5.44. The van der Waals surface area contributed by atoms with Gasteiger partial charge in [0.05, 0.1) is 13.1 Å². The zero-order valence-corrected chi connectivity index (χ0v) is 13.4. The molecule has 0 unspecified atom stereocenters. The van der Waals surface area contributed by atoms with Crippen molar-refractivity contribution in [3.63, 3.8) is 0 Å². The minimum atomic E-state index is 0.224. The quantitative estimate of drug-likeness (QED) is 0.849. The highest BCUT2D eigenvalue weighted by atomic mass is 32.1. The number of hydrogen-bond acceptors (Lipinski definition) is 5. The van der Waals surface area contributed by atoms with Gasteiger partial charge in [0.15, 0.2) is 0 Å². The van der Waals surface area contributed by atoms with E-state index in [-0.39, 0.29) is 5.91 Å². The van der Waals surface area contributed by atoms with Crippen molar-refractivity contribution >= 4 is 17.2 Å². The van der Waals surface area contributed by atoms with Gasteiger partial charge in [-0.05, 0) is 11.4 Å². The molecule has 0 saturated carbocycles. The van der Waals surface area contributed by atoms with Crippen LogP contribution in [0, 0.1) is 0 Å². The van der Waals surface area contributed by atoms with E-state index in [1.165, 1.54) is 4.88 Å². The number of thiophene rings is 1. The van der Waals surface area contributed by atoms with Crippen LogP contribution >= 0.6 is 11.3 Å². The highest BCUT2D eigenvalue weighted by Gasteiger charge is 2.33. The maximum absolute atomic E-state index is 12.2. The molecular formula is C15H24N4OS. The zero-order chi connectivity index (χ0) is 14.7. The Kier molecular flexibility index (Phi) is 4.90. The standard InChI is InChI=1S/C15H24N4OS/c1-17(11-14-3-2-8-21-14)15(20)12-18-9-13(10-18)19-6-4-16-5-7-19/h2-3,8,13,16H,4-7,9-12H2,1H3. The molecule has 2 aliphatic heterocycles. The third-order valence-corrected chi connectivity index (χ3v) is 5.22. The Balaban J connectivity index is 1.38. The molecule has 5 nitrogen and oxygen atoms in total. The summed E-state index contributed by atoms with van der Waals surface area (Å²) in [7, 11) is 1.90. The maximum atomic E-state index is 12.2. The minimum absolute atomic E-state index is 0.224. The fourth-order valence-electron chi connectivity index (χ4n) is 2.99. The lowest BCUT2D eigenvalue weighted by Gasteiger charge is -2.46. The first-order valence-electron chi connectivity index (χ1n) is 7.66. The molecule has 1 aromatic rings. The molecule has 1 aromatic heterocycles. The first-order valence-corrected chi connectivity index (χ1v) is 8.54. The number of carbonyl (C=O) groups is 1. The Bertz CT molecular complexity index is 452. The topological polar surface area (TPSA) is 38.8 Å². The van der Waals surface area contributed by atoms with Crippen molar-refractivity contribution in [3.05, 3.63) is 22.4 Å². The lowest BCUT2D eigenvalue weighted by atomic mass is 10.1. The van der Waals surface area contributed by atoms with Gasteiger partial charge < -0.3 is 10.2 Å². The molecule has 0 atom stereocenters. The Morgan fingerprint density at radius 3 is 2.86 bits per heavy atom. The summed E-state index contributed by atoms with van der Waals surface area (Å²) in [4.78, 5) is 20.1. The predicted octanol–water partition coefficient (Wildman–Crippen LogP) is 0.296. The predicted molar refractivity (Wildman–Crippen MR) is 85.5 cm³/mol. The molecule has 2 saturated heterocycles. The average molecular weight is 308 g/mol. The number of nitrogens with zero attached hydrogens (tertiary/aromatic N) is 3. The van der Waals surface area contributed by atoms with E-state index in [0.29, 0.717) is 12.6 Å². The van der Waals surface area contributed by atoms with Crippen LogP contribution in [0.1, 0.15) is 4.88 Å². The lowest BCUT2D eigenvalue weighted by molar-refractivity contribution is -0.133. The van der Waals surface area contributed by atoms with E-state index in [1.807, 2.05) is 18.0 Å². The molecule has 0 aliphatic carbocycles. The van der Waals surface area contributed by atoms with Gasteiger partial charge in [-0.3, -0.25) is 14.6 Å². The van der Waals surface area contributed by atoms with Gasteiger partial charge in [0.25, 0.3) is 0 Å². The monoisotopic (exact) mass is 308 g/mol. The van der Waals surface area contributed by atoms with Crippen molar-refractivity contribution in [2.45, 2.75) is 12.6 Å². The molecule has 116 valence electrons. The van der Waals surface area contributed by atoms with Gasteiger partial charge in [-0.1, -0.05) is 6.07 Å². The summed E-state index contributed by atoms with van der Waals surface area (Å²) in [5.41, 5.74) is 0. The van der Waals surface area contributed by atoms with Crippen LogP contribution in [0.25, 0.3) is 0 Å². The van der Waals surface area contributed by atoms with Gasteiger partial charge in [0.1, 0.15) is 0 Å². The molecule has 0 bridgehead atoms. The lowest BCUT2D eigenvalue weighted by Crippen LogP contribution is -2.63. The third-order valence-electron chi connectivity index (χ3n) is 4.36. The summed E-state index contributed by atoms with van der Waals surface area (Å²) in [6.07, 6.45) is 0. The van der Waals surface area contributed by atoms with E-state index >= 15 is 0 Å². The van der Waals surface area contributed by atoms with Crippen molar-refractivity contribution in [1.29, 1.82) is 0 Å². The minimum Gasteiger partial charge on any atom is -0.340 e. The number of piperazine rings is 1. The Hall–Kier alpha value is -0.950. The average Bonchev–Trinajstić information content (AvgIpc) is 2.96. The van der Waals surface area contributed by atoms with E-state index in [9.17, 15) is 4.79 Å². The normalized spacial score (nSPS) is 21.2. The van der Waals surface area contributed by atoms with E-state index in [0.717, 1.165) is 45.8 Å². The van der Waals surface area contributed by atoms with E-state index in [1.54, 1.807) is 11.3 Å². The number of carbonyl (C=O) groups excluding carboxylic acids is 1. The Labute approximate surface area is 130 Å². The van der Waals surface area contributed by atoms with Crippen LogP contribution in [-0.4, -0.2) is 79.5 Å². The molecular weight excluding hydrogens is 284 g/mol. The zero-order valence-electron chi connectivity index (χ0n) is 12.6. The summed E-state index contributed by atoms with van der Waals surface area (Å²) in [6.45, 7) is 7.85. The molecule has 3 heterocycles. The van der Waals surface area contributed by atoms with Gasteiger partial charge >= 0.3 is 0 Å².